The first kappa shape index (κ1) is 13.5. The molecule has 0 bridgehead atoms. The van der Waals surface area contributed by atoms with E-state index in [0.29, 0.717) is 25.6 Å². The Morgan fingerprint density at radius 2 is 2.00 bits per heavy atom. The molecule has 0 aromatic carbocycles. The monoisotopic (exact) mass is 228 g/mol. The fraction of sp³-hybridized carbons (Fsp3) is 0.917. The normalized spacial score (nSPS) is 19.0. The quantitative estimate of drug-likeness (QED) is 0.630. The van der Waals surface area contributed by atoms with Crippen molar-refractivity contribution in [2.75, 3.05) is 13.1 Å². The molecule has 0 atom stereocenters. The van der Waals surface area contributed by atoms with Gasteiger partial charge in [0.2, 0.25) is 5.91 Å². The molecule has 1 amide bonds. The minimum atomic E-state index is -0.638. The summed E-state index contributed by atoms with van der Waals surface area (Å²) >= 11 is 0. The topological polar surface area (TPSA) is 61.4 Å². The van der Waals surface area contributed by atoms with Crippen molar-refractivity contribution < 1.29 is 9.90 Å². The third-order valence-electron chi connectivity index (χ3n) is 3.05. The van der Waals surface area contributed by atoms with Gasteiger partial charge in [0, 0.05) is 25.6 Å². The number of nitrogens with one attached hydrogen (secondary N) is 2. The Balaban J connectivity index is 2.10. The predicted molar refractivity (Wildman–Crippen MR) is 64.2 cm³/mol. The fourth-order valence-electron chi connectivity index (χ4n) is 2.04. The van der Waals surface area contributed by atoms with E-state index in [0.717, 1.165) is 25.7 Å². The summed E-state index contributed by atoms with van der Waals surface area (Å²) in [7, 11) is 0. The van der Waals surface area contributed by atoms with Crippen molar-refractivity contribution in [1.82, 2.24) is 10.6 Å². The fourth-order valence-corrected chi connectivity index (χ4v) is 2.04. The molecule has 94 valence electrons. The first-order chi connectivity index (χ1) is 7.52. The van der Waals surface area contributed by atoms with Crippen LogP contribution in [0.2, 0.25) is 0 Å². The van der Waals surface area contributed by atoms with E-state index in [2.05, 4.69) is 24.5 Å². The summed E-state index contributed by atoms with van der Waals surface area (Å²) < 4.78 is 0. The van der Waals surface area contributed by atoms with Crippen LogP contribution in [0, 0.1) is 0 Å². The second-order valence-electron chi connectivity index (χ2n) is 5.07. The van der Waals surface area contributed by atoms with Crippen LogP contribution in [0.1, 0.15) is 46.0 Å². The molecule has 0 saturated heterocycles. The predicted octanol–water partition coefficient (Wildman–Crippen LogP) is 0.796. The highest BCUT2D eigenvalue weighted by atomic mass is 16.3. The zero-order chi connectivity index (χ0) is 12.0. The molecule has 1 aliphatic carbocycles. The van der Waals surface area contributed by atoms with Gasteiger partial charge in [0.05, 0.1) is 5.60 Å². The Hall–Kier alpha value is -0.610. The number of carbonyl (C=O) groups excluding carboxylic acids is 1. The van der Waals surface area contributed by atoms with Crippen LogP contribution >= 0.6 is 0 Å². The molecule has 0 aromatic rings. The Labute approximate surface area is 97.8 Å². The van der Waals surface area contributed by atoms with Gasteiger partial charge in [0.1, 0.15) is 0 Å². The summed E-state index contributed by atoms with van der Waals surface area (Å²) in [5.41, 5.74) is -0.638. The van der Waals surface area contributed by atoms with Crippen LogP contribution in [0.3, 0.4) is 0 Å². The van der Waals surface area contributed by atoms with Gasteiger partial charge in [-0.15, -0.1) is 0 Å². The van der Waals surface area contributed by atoms with Crippen LogP contribution in [-0.2, 0) is 4.79 Å². The van der Waals surface area contributed by atoms with E-state index in [1.807, 2.05) is 0 Å². The van der Waals surface area contributed by atoms with Gasteiger partial charge in [0.15, 0.2) is 0 Å². The number of hydrogen-bond donors (Lipinski definition) is 3. The van der Waals surface area contributed by atoms with Crippen molar-refractivity contribution in [2.24, 2.45) is 0 Å². The molecule has 16 heavy (non-hydrogen) atoms. The summed E-state index contributed by atoms with van der Waals surface area (Å²) in [5.74, 6) is 0.0217. The average molecular weight is 228 g/mol. The lowest BCUT2D eigenvalue weighted by atomic mass is 10.0. The van der Waals surface area contributed by atoms with Crippen molar-refractivity contribution in [3.63, 3.8) is 0 Å². The summed E-state index contributed by atoms with van der Waals surface area (Å²) in [6.07, 6.45) is 4.26. The van der Waals surface area contributed by atoms with Gasteiger partial charge in [-0.25, -0.2) is 0 Å². The SMILES string of the molecule is CC(C)NCCC(=O)NCC1(O)CCCC1. The third kappa shape index (κ3) is 4.94. The van der Waals surface area contributed by atoms with Crippen LogP contribution in [0.4, 0.5) is 0 Å². The number of aliphatic hydroxyl groups is 1. The highest BCUT2D eigenvalue weighted by Gasteiger charge is 2.31. The molecule has 4 nitrogen and oxygen atoms in total. The molecule has 3 N–H and O–H groups in total. The standard InChI is InChI=1S/C12H24N2O2/c1-10(2)13-8-5-11(15)14-9-12(16)6-3-4-7-12/h10,13,16H,3-9H2,1-2H3,(H,14,15). The Kier molecular flexibility index (Phi) is 5.22. The molecular formula is C12H24N2O2. The molecule has 0 radical (unpaired) electrons. The molecule has 1 rings (SSSR count). The van der Waals surface area contributed by atoms with Gasteiger partial charge in [-0.2, -0.15) is 0 Å². The lowest BCUT2D eigenvalue weighted by Crippen LogP contribution is -2.41. The van der Waals surface area contributed by atoms with Crippen molar-refractivity contribution in [3.8, 4) is 0 Å². The van der Waals surface area contributed by atoms with Gasteiger partial charge >= 0.3 is 0 Å². The van der Waals surface area contributed by atoms with E-state index in [-0.39, 0.29) is 5.91 Å². The number of hydrogen-bond acceptors (Lipinski definition) is 3. The maximum absolute atomic E-state index is 11.5. The van der Waals surface area contributed by atoms with Crippen molar-refractivity contribution in [1.29, 1.82) is 0 Å². The zero-order valence-electron chi connectivity index (χ0n) is 10.4. The summed E-state index contributed by atoms with van der Waals surface area (Å²) in [5, 5.41) is 16.0. The van der Waals surface area contributed by atoms with Crippen LogP contribution in [0.5, 0.6) is 0 Å². The average Bonchev–Trinajstić information content (AvgIpc) is 2.62. The lowest BCUT2D eigenvalue weighted by Gasteiger charge is -2.22. The molecule has 4 heteroatoms. The highest BCUT2D eigenvalue weighted by molar-refractivity contribution is 5.76. The minimum absolute atomic E-state index is 0.0217. The van der Waals surface area contributed by atoms with Crippen molar-refractivity contribution >= 4 is 5.91 Å². The van der Waals surface area contributed by atoms with Crippen molar-refractivity contribution in [2.45, 2.75) is 57.6 Å². The molecule has 1 aliphatic rings. The lowest BCUT2D eigenvalue weighted by molar-refractivity contribution is -0.122. The van der Waals surface area contributed by atoms with Gasteiger partial charge in [-0.3, -0.25) is 4.79 Å². The molecule has 1 saturated carbocycles. The Bertz CT molecular complexity index is 223. The highest BCUT2D eigenvalue weighted by Crippen LogP contribution is 2.28. The van der Waals surface area contributed by atoms with E-state index in [1.165, 1.54) is 0 Å². The second-order valence-corrected chi connectivity index (χ2v) is 5.07. The van der Waals surface area contributed by atoms with Crippen LogP contribution in [0.25, 0.3) is 0 Å². The van der Waals surface area contributed by atoms with E-state index in [1.54, 1.807) is 0 Å². The molecule has 0 aromatic heterocycles. The van der Waals surface area contributed by atoms with Gasteiger partial charge < -0.3 is 15.7 Å². The number of rotatable bonds is 6. The zero-order valence-corrected chi connectivity index (χ0v) is 10.4. The maximum Gasteiger partial charge on any atom is 0.221 e. The molecule has 0 heterocycles. The maximum atomic E-state index is 11.5. The summed E-state index contributed by atoms with van der Waals surface area (Å²) in [6.45, 7) is 5.22. The van der Waals surface area contributed by atoms with E-state index >= 15 is 0 Å². The van der Waals surface area contributed by atoms with Gasteiger partial charge in [-0.1, -0.05) is 26.7 Å². The first-order valence-corrected chi connectivity index (χ1v) is 6.24. The van der Waals surface area contributed by atoms with E-state index in [9.17, 15) is 9.90 Å². The third-order valence-corrected chi connectivity index (χ3v) is 3.05. The second kappa shape index (κ2) is 6.21. The Morgan fingerprint density at radius 1 is 1.38 bits per heavy atom. The number of carbonyl (C=O) groups is 1. The van der Waals surface area contributed by atoms with E-state index < -0.39 is 5.60 Å². The molecule has 0 unspecified atom stereocenters. The summed E-state index contributed by atoms with van der Waals surface area (Å²) in [4.78, 5) is 11.5. The molecular weight excluding hydrogens is 204 g/mol. The minimum Gasteiger partial charge on any atom is -0.388 e. The smallest absolute Gasteiger partial charge is 0.221 e. The van der Waals surface area contributed by atoms with Gasteiger partial charge in [0.25, 0.3) is 0 Å². The summed E-state index contributed by atoms with van der Waals surface area (Å²) in [6, 6.07) is 0.409. The number of amides is 1. The molecule has 0 spiro atoms. The van der Waals surface area contributed by atoms with Crippen molar-refractivity contribution in [3.05, 3.63) is 0 Å². The van der Waals surface area contributed by atoms with Crippen LogP contribution in [-0.4, -0.2) is 35.7 Å². The van der Waals surface area contributed by atoms with Crippen LogP contribution < -0.4 is 10.6 Å². The molecule has 1 fully saturated rings. The largest absolute Gasteiger partial charge is 0.388 e. The van der Waals surface area contributed by atoms with Crippen LogP contribution in [0.15, 0.2) is 0 Å². The Morgan fingerprint density at radius 3 is 2.56 bits per heavy atom. The van der Waals surface area contributed by atoms with Gasteiger partial charge in [-0.05, 0) is 12.8 Å². The first-order valence-electron chi connectivity index (χ1n) is 6.24. The molecule has 0 aliphatic heterocycles. The van der Waals surface area contributed by atoms with E-state index in [4.69, 9.17) is 0 Å².